The van der Waals surface area contributed by atoms with E-state index in [0.717, 1.165) is 31.9 Å². The average Bonchev–Trinajstić information content (AvgIpc) is 2.45. The lowest BCUT2D eigenvalue weighted by atomic mass is 10.2. The van der Waals surface area contributed by atoms with Gasteiger partial charge in [0, 0.05) is 0 Å². The quantitative estimate of drug-likeness (QED) is 0.640. The first-order valence-corrected chi connectivity index (χ1v) is 5.93. The lowest BCUT2D eigenvalue weighted by Gasteiger charge is -2.02. The number of unbranched alkanes of at least 4 members (excludes halogenated alkanes) is 3. The highest BCUT2D eigenvalue weighted by atomic mass is 32.3. The smallest absolute Gasteiger partial charge is 0.462 e. The second-order valence-corrected chi connectivity index (χ2v) is 4.11. The van der Waals surface area contributed by atoms with Gasteiger partial charge in [0.15, 0.2) is 6.26 Å². The van der Waals surface area contributed by atoms with Gasteiger partial charge in [-0.2, -0.15) is 0 Å². The molecule has 0 aromatic heterocycles. The lowest BCUT2D eigenvalue weighted by Crippen LogP contribution is -2.01. The fourth-order valence-corrected chi connectivity index (χ4v) is 1.52. The summed E-state index contributed by atoms with van der Waals surface area (Å²) in [7, 11) is -3.86. The maximum absolute atomic E-state index is 10.6. The van der Waals surface area contributed by atoms with Crippen LogP contribution >= 0.6 is 0 Å². The number of hydrogen-bond donors (Lipinski definition) is 0. The summed E-state index contributed by atoms with van der Waals surface area (Å²) in [6, 6.07) is 0. The Kier molecular flexibility index (Phi) is 4.06. The van der Waals surface area contributed by atoms with E-state index >= 15 is 0 Å². The van der Waals surface area contributed by atoms with Crippen molar-refractivity contribution < 1.29 is 21.5 Å². The molecule has 0 spiro atoms. The number of hydrogen-bond acceptors (Lipinski definition) is 5. The molecule has 0 radical (unpaired) electrons. The summed E-state index contributed by atoms with van der Waals surface area (Å²) in [5, 5.41) is 0. The van der Waals surface area contributed by atoms with Crippen molar-refractivity contribution in [1.82, 2.24) is 0 Å². The van der Waals surface area contributed by atoms with Crippen LogP contribution in [0, 0.1) is 0 Å². The molecule has 1 aliphatic heterocycles. The zero-order chi connectivity index (χ0) is 10.4. The van der Waals surface area contributed by atoms with Gasteiger partial charge in [0.2, 0.25) is 0 Å². The van der Waals surface area contributed by atoms with Crippen molar-refractivity contribution in [3.05, 3.63) is 12.2 Å². The van der Waals surface area contributed by atoms with E-state index in [1.807, 2.05) is 0 Å². The predicted octanol–water partition coefficient (Wildman–Crippen LogP) is 1.67. The fourth-order valence-electron chi connectivity index (χ4n) is 0.998. The molecule has 0 amide bonds. The number of ether oxygens (including phenoxy) is 1. The molecular formula is C8H14O5S. The van der Waals surface area contributed by atoms with Crippen LogP contribution in [0.25, 0.3) is 0 Å². The molecule has 0 atom stereocenters. The minimum Gasteiger partial charge on any atom is -0.462 e. The average molecular weight is 222 g/mol. The van der Waals surface area contributed by atoms with Gasteiger partial charge in [-0.25, -0.2) is 0 Å². The van der Waals surface area contributed by atoms with Gasteiger partial charge in [-0.05, 0) is 6.42 Å². The van der Waals surface area contributed by atoms with Crippen LogP contribution < -0.4 is 0 Å². The highest BCUT2D eigenvalue weighted by Gasteiger charge is 2.24. The topological polar surface area (TPSA) is 61.8 Å². The Morgan fingerprint density at radius 2 is 2.14 bits per heavy atom. The summed E-state index contributed by atoms with van der Waals surface area (Å²) >= 11 is 0. The molecule has 1 rings (SSSR count). The molecule has 14 heavy (non-hydrogen) atoms. The van der Waals surface area contributed by atoms with Crippen LogP contribution in [0.4, 0.5) is 0 Å². The summed E-state index contributed by atoms with van der Waals surface area (Å²) in [4.78, 5) is 0. The first-order valence-electron chi connectivity index (χ1n) is 4.60. The molecule has 82 valence electrons. The van der Waals surface area contributed by atoms with Crippen molar-refractivity contribution >= 4 is 10.4 Å². The minimum absolute atomic E-state index is 0.0819. The van der Waals surface area contributed by atoms with Crippen molar-refractivity contribution in [3.8, 4) is 0 Å². The van der Waals surface area contributed by atoms with Crippen LogP contribution in [-0.2, 0) is 23.5 Å². The highest BCUT2D eigenvalue weighted by molar-refractivity contribution is 7.82. The van der Waals surface area contributed by atoms with Gasteiger partial charge in [-0.3, -0.25) is 0 Å². The molecule has 0 aliphatic carbocycles. The second kappa shape index (κ2) is 5.09. The van der Waals surface area contributed by atoms with Crippen LogP contribution in [-0.4, -0.2) is 15.0 Å². The molecule has 0 N–H and O–H groups in total. The molecule has 1 heterocycles. The lowest BCUT2D eigenvalue weighted by molar-refractivity contribution is 0.112. The Hall–Kier alpha value is -0.910. The largest absolute Gasteiger partial charge is 0.503 e. The third-order valence-electron chi connectivity index (χ3n) is 1.69. The minimum atomic E-state index is -3.86. The van der Waals surface area contributed by atoms with Crippen molar-refractivity contribution in [1.29, 1.82) is 0 Å². The van der Waals surface area contributed by atoms with E-state index in [1.54, 1.807) is 0 Å². The van der Waals surface area contributed by atoms with Crippen LogP contribution in [0.3, 0.4) is 0 Å². The van der Waals surface area contributed by atoms with Gasteiger partial charge in [-0.15, -0.1) is 8.42 Å². The van der Waals surface area contributed by atoms with Crippen LogP contribution in [0.5, 0.6) is 0 Å². The maximum Gasteiger partial charge on any atom is 0.503 e. The van der Waals surface area contributed by atoms with Crippen molar-refractivity contribution in [3.63, 3.8) is 0 Å². The molecule has 6 heteroatoms. The van der Waals surface area contributed by atoms with E-state index in [4.69, 9.17) is 4.74 Å². The van der Waals surface area contributed by atoms with E-state index in [2.05, 4.69) is 15.3 Å². The Balaban J connectivity index is 2.09. The van der Waals surface area contributed by atoms with E-state index in [1.165, 1.54) is 0 Å². The predicted molar refractivity (Wildman–Crippen MR) is 49.3 cm³/mol. The summed E-state index contributed by atoms with van der Waals surface area (Å²) in [5.41, 5.74) is 0. The summed E-state index contributed by atoms with van der Waals surface area (Å²) in [5.74, 6) is -0.0819. The zero-order valence-electron chi connectivity index (χ0n) is 8.06. The van der Waals surface area contributed by atoms with Gasteiger partial charge in [0.05, 0.1) is 6.61 Å². The fraction of sp³-hybridized carbons (Fsp3) is 0.750. The molecule has 0 bridgehead atoms. The third kappa shape index (κ3) is 3.87. The van der Waals surface area contributed by atoms with Crippen molar-refractivity contribution in [2.45, 2.75) is 32.6 Å². The Morgan fingerprint density at radius 1 is 1.36 bits per heavy atom. The van der Waals surface area contributed by atoms with E-state index in [9.17, 15) is 8.42 Å². The monoisotopic (exact) mass is 222 g/mol. The number of rotatable bonds is 6. The third-order valence-corrected chi connectivity index (χ3v) is 2.39. The molecule has 0 aromatic rings. The first-order chi connectivity index (χ1) is 6.64. The molecular weight excluding hydrogens is 208 g/mol. The zero-order valence-corrected chi connectivity index (χ0v) is 8.88. The molecule has 0 saturated carbocycles. The maximum atomic E-state index is 10.6. The molecule has 0 aromatic carbocycles. The molecule has 1 aliphatic rings. The molecule has 0 unspecified atom stereocenters. The highest BCUT2D eigenvalue weighted by Crippen LogP contribution is 2.16. The molecule has 0 saturated heterocycles. The van der Waals surface area contributed by atoms with Crippen molar-refractivity contribution in [2.24, 2.45) is 0 Å². The Morgan fingerprint density at radius 3 is 2.71 bits per heavy atom. The van der Waals surface area contributed by atoms with Crippen LogP contribution in [0.15, 0.2) is 12.2 Å². The SMILES string of the molecule is CCCCCCOC1=COS(=O)(=O)O1. The summed E-state index contributed by atoms with van der Waals surface area (Å²) < 4.78 is 34.8. The van der Waals surface area contributed by atoms with E-state index in [-0.39, 0.29) is 5.95 Å². The Bertz CT molecular complexity index is 293. The van der Waals surface area contributed by atoms with Gasteiger partial charge in [-0.1, -0.05) is 26.2 Å². The summed E-state index contributed by atoms with van der Waals surface area (Å²) in [6.07, 6.45) is 5.20. The van der Waals surface area contributed by atoms with Gasteiger partial charge in [0.25, 0.3) is 0 Å². The van der Waals surface area contributed by atoms with Gasteiger partial charge >= 0.3 is 16.3 Å². The van der Waals surface area contributed by atoms with E-state index in [0.29, 0.717) is 6.61 Å². The van der Waals surface area contributed by atoms with Crippen molar-refractivity contribution in [2.75, 3.05) is 6.61 Å². The van der Waals surface area contributed by atoms with Crippen LogP contribution in [0.1, 0.15) is 32.6 Å². The molecule has 5 nitrogen and oxygen atoms in total. The van der Waals surface area contributed by atoms with Crippen LogP contribution in [0.2, 0.25) is 0 Å². The van der Waals surface area contributed by atoms with E-state index < -0.39 is 10.4 Å². The standard InChI is InChI=1S/C8H14O5S/c1-2-3-4-5-6-11-8-7-12-14(9,10)13-8/h7H,2-6H2,1H3. The Labute approximate surface area is 84.0 Å². The molecule has 0 fully saturated rings. The first kappa shape index (κ1) is 11.2. The second-order valence-electron chi connectivity index (χ2n) is 2.93. The normalized spacial score (nSPS) is 18.2. The van der Waals surface area contributed by atoms with Gasteiger partial charge < -0.3 is 13.1 Å². The summed E-state index contributed by atoms with van der Waals surface area (Å²) in [6.45, 7) is 2.56. The van der Waals surface area contributed by atoms with Gasteiger partial charge in [0.1, 0.15) is 0 Å².